The molecule has 2 rings (SSSR count). The third-order valence-corrected chi connectivity index (χ3v) is 6.59. The molecule has 0 atom stereocenters. The van der Waals surface area contributed by atoms with Crippen LogP contribution in [0.15, 0.2) is 60.7 Å². The first-order valence-electron chi connectivity index (χ1n) is 4.87. The summed E-state index contributed by atoms with van der Waals surface area (Å²) in [6.07, 6.45) is 0. The van der Waals surface area contributed by atoms with E-state index in [1.807, 2.05) is 0 Å². The quantitative estimate of drug-likeness (QED) is 0.633. The van der Waals surface area contributed by atoms with Crippen molar-refractivity contribution in [2.24, 2.45) is 0 Å². The van der Waals surface area contributed by atoms with Gasteiger partial charge in [-0.25, -0.2) is 0 Å². The van der Waals surface area contributed by atoms with Gasteiger partial charge in [-0.05, 0) is 0 Å². The third-order valence-electron chi connectivity index (χ3n) is 2.22. The summed E-state index contributed by atoms with van der Waals surface area (Å²) in [6, 6.07) is 21.7. The molecule has 0 bridgehead atoms. The van der Waals surface area contributed by atoms with E-state index >= 15 is 0 Å². The number of rotatable bonds is 3. The van der Waals surface area contributed by atoms with Crippen LogP contribution in [0.25, 0.3) is 0 Å². The normalized spacial score (nSPS) is 9.07. The number of halogens is 1. The SMILES string of the molecule is [Cl-].c1ccc([CH2][SnH+][c]2ccccc2)cc1. The van der Waals surface area contributed by atoms with Gasteiger partial charge in [0.2, 0.25) is 0 Å². The summed E-state index contributed by atoms with van der Waals surface area (Å²) in [5, 5.41) is 0. The second-order valence-electron chi connectivity index (χ2n) is 3.30. The summed E-state index contributed by atoms with van der Waals surface area (Å²) in [5.41, 5.74) is 1.50. The first-order chi connectivity index (χ1) is 6.95. The molecule has 0 fully saturated rings. The van der Waals surface area contributed by atoms with Crippen LogP contribution in [0.5, 0.6) is 0 Å². The monoisotopic (exact) mass is 324 g/mol. The maximum absolute atomic E-state index is 2.27. The molecule has 0 amide bonds. The average Bonchev–Trinajstić information content (AvgIpc) is 2.29. The van der Waals surface area contributed by atoms with E-state index in [0.29, 0.717) is 0 Å². The van der Waals surface area contributed by atoms with Crippen LogP contribution in [0.1, 0.15) is 5.56 Å². The summed E-state index contributed by atoms with van der Waals surface area (Å²) < 4.78 is 2.92. The molecule has 0 radical (unpaired) electrons. The standard InChI is InChI=1S/C7H7.C6H5.ClH.Sn.H/c1-7-5-3-2-4-6-7;1-2-4-6-5-3-1;;;/h2-6H,1H2;1-5H;1H;;/q;;;+1;/p-1. The van der Waals surface area contributed by atoms with E-state index < -0.39 is 21.1 Å². The van der Waals surface area contributed by atoms with E-state index in [-0.39, 0.29) is 12.4 Å². The van der Waals surface area contributed by atoms with E-state index in [9.17, 15) is 0 Å². The van der Waals surface area contributed by atoms with Crippen molar-refractivity contribution in [3.8, 4) is 0 Å². The predicted octanol–water partition coefficient (Wildman–Crippen LogP) is -1.05. The van der Waals surface area contributed by atoms with Crippen molar-refractivity contribution in [1.82, 2.24) is 0 Å². The van der Waals surface area contributed by atoms with Crippen molar-refractivity contribution in [2.45, 2.75) is 4.44 Å². The molecule has 2 heteroatoms. The van der Waals surface area contributed by atoms with Crippen molar-refractivity contribution in [3.63, 3.8) is 0 Å². The number of hydrogen-bond donors (Lipinski definition) is 0. The molecule has 0 aliphatic heterocycles. The van der Waals surface area contributed by atoms with Gasteiger partial charge >= 0.3 is 95.4 Å². The summed E-state index contributed by atoms with van der Waals surface area (Å²) in [7, 11) is 0. The Labute approximate surface area is 107 Å². The van der Waals surface area contributed by atoms with Crippen LogP contribution in [-0.2, 0) is 4.44 Å². The first kappa shape index (κ1) is 12.6. The van der Waals surface area contributed by atoms with Gasteiger partial charge in [0.15, 0.2) is 0 Å². The van der Waals surface area contributed by atoms with E-state index in [2.05, 4.69) is 60.7 Å². The second-order valence-corrected chi connectivity index (χ2v) is 7.54. The Balaban J connectivity index is 0.00000112. The molecule has 0 aliphatic rings. The molecular formula is C13H13ClSn. The van der Waals surface area contributed by atoms with E-state index in [0.717, 1.165) is 0 Å². The molecule has 0 spiro atoms. The van der Waals surface area contributed by atoms with Gasteiger partial charge in [-0.2, -0.15) is 0 Å². The van der Waals surface area contributed by atoms with Crippen molar-refractivity contribution >= 4 is 24.7 Å². The Kier molecular flexibility index (Phi) is 5.80. The molecule has 0 saturated heterocycles. The molecule has 0 nitrogen and oxygen atoms in total. The molecule has 76 valence electrons. The summed E-state index contributed by atoms with van der Waals surface area (Å²) in [6.45, 7) is 0. The molecule has 0 heterocycles. The fourth-order valence-electron chi connectivity index (χ4n) is 1.44. The molecule has 0 aliphatic carbocycles. The maximum atomic E-state index is 2.27. The van der Waals surface area contributed by atoms with Crippen LogP contribution in [0.2, 0.25) is 0 Å². The van der Waals surface area contributed by atoms with Crippen LogP contribution in [-0.4, -0.2) is 21.1 Å². The summed E-state index contributed by atoms with van der Waals surface area (Å²) >= 11 is -0.566. The van der Waals surface area contributed by atoms with Crippen molar-refractivity contribution in [2.75, 3.05) is 0 Å². The van der Waals surface area contributed by atoms with Gasteiger partial charge in [0.25, 0.3) is 0 Å². The molecule has 2 aromatic carbocycles. The zero-order valence-electron chi connectivity index (χ0n) is 8.44. The Bertz CT molecular complexity index is 333. The van der Waals surface area contributed by atoms with E-state index in [1.54, 1.807) is 3.58 Å². The fraction of sp³-hybridized carbons (Fsp3) is 0.0769. The molecule has 15 heavy (non-hydrogen) atoms. The topological polar surface area (TPSA) is 0 Å². The van der Waals surface area contributed by atoms with E-state index in [1.165, 1.54) is 10.0 Å². The van der Waals surface area contributed by atoms with Gasteiger partial charge in [-0.3, -0.25) is 0 Å². The van der Waals surface area contributed by atoms with Crippen molar-refractivity contribution in [1.29, 1.82) is 0 Å². The Morgan fingerprint density at radius 3 is 1.87 bits per heavy atom. The summed E-state index contributed by atoms with van der Waals surface area (Å²) in [4.78, 5) is 0. The third kappa shape index (κ3) is 4.27. The molecular weight excluding hydrogens is 310 g/mol. The van der Waals surface area contributed by atoms with Gasteiger partial charge in [0.1, 0.15) is 0 Å². The zero-order valence-corrected chi connectivity index (χ0v) is 12.5. The molecule has 2 aromatic rings. The Hall–Kier alpha value is -0.471. The molecule has 0 saturated carbocycles. The molecule has 0 aromatic heterocycles. The molecule has 0 N–H and O–H groups in total. The Morgan fingerprint density at radius 1 is 0.733 bits per heavy atom. The van der Waals surface area contributed by atoms with Gasteiger partial charge in [0.05, 0.1) is 0 Å². The average molecular weight is 323 g/mol. The number of benzene rings is 2. The first-order valence-corrected chi connectivity index (χ1v) is 8.85. The van der Waals surface area contributed by atoms with Gasteiger partial charge < -0.3 is 12.4 Å². The van der Waals surface area contributed by atoms with Gasteiger partial charge in [-0.1, -0.05) is 0 Å². The Morgan fingerprint density at radius 2 is 1.27 bits per heavy atom. The minimum absolute atomic E-state index is 0. The van der Waals surface area contributed by atoms with Crippen LogP contribution in [0.3, 0.4) is 0 Å². The molecule has 0 unspecified atom stereocenters. The second kappa shape index (κ2) is 6.91. The van der Waals surface area contributed by atoms with Crippen molar-refractivity contribution < 1.29 is 12.4 Å². The van der Waals surface area contributed by atoms with Gasteiger partial charge in [0, 0.05) is 0 Å². The minimum atomic E-state index is -0.566. The van der Waals surface area contributed by atoms with Crippen LogP contribution < -0.4 is 16.0 Å². The van der Waals surface area contributed by atoms with E-state index in [4.69, 9.17) is 0 Å². The predicted molar refractivity (Wildman–Crippen MR) is 63.4 cm³/mol. The zero-order chi connectivity index (χ0) is 9.64. The van der Waals surface area contributed by atoms with Crippen LogP contribution in [0.4, 0.5) is 0 Å². The summed E-state index contributed by atoms with van der Waals surface area (Å²) in [5.74, 6) is 0. The fourth-order valence-corrected chi connectivity index (χ4v) is 4.97. The van der Waals surface area contributed by atoms with Gasteiger partial charge in [-0.15, -0.1) is 0 Å². The van der Waals surface area contributed by atoms with Crippen molar-refractivity contribution in [3.05, 3.63) is 66.2 Å². The number of hydrogen-bond acceptors (Lipinski definition) is 0. The van der Waals surface area contributed by atoms with Crippen LogP contribution in [0, 0.1) is 0 Å². The van der Waals surface area contributed by atoms with Crippen LogP contribution >= 0.6 is 0 Å².